The Balaban J connectivity index is 2.01. The van der Waals surface area contributed by atoms with Crippen LogP contribution in [-0.4, -0.2) is 28.8 Å². The van der Waals surface area contributed by atoms with Crippen LogP contribution >= 0.6 is 0 Å². The van der Waals surface area contributed by atoms with Gasteiger partial charge in [-0.1, -0.05) is 25.5 Å². The van der Waals surface area contributed by atoms with Crippen LogP contribution in [0.2, 0.25) is 0 Å². The molecule has 0 aromatic heterocycles. The standard InChI is InChI=1S/C14H21NO/c1-8-6-11-4-5-12-9(2)14(16)10(3)13(7-8)15(11)12/h6,9-13H,4-5,7H2,1-3H3/t9-,10-,11-,12-,13-/m1/s1. The average Bonchev–Trinajstić information content (AvgIpc) is 2.67. The summed E-state index contributed by atoms with van der Waals surface area (Å²) in [7, 11) is 0. The minimum Gasteiger partial charge on any atom is -0.299 e. The third kappa shape index (κ3) is 1.26. The molecule has 0 spiro atoms. The number of piperidine rings is 1. The van der Waals surface area contributed by atoms with E-state index in [1.165, 1.54) is 18.4 Å². The fourth-order valence-corrected chi connectivity index (χ4v) is 4.12. The topological polar surface area (TPSA) is 20.3 Å². The second kappa shape index (κ2) is 3.43. The Morgan fingerprint density at radius 2 is 1.88 bits per heavy atom. The van der Waals surface area contributed by atoms with Crippen molar-refractivity contribution in [3.63, 3.8) is 0 Å². The van der Waals surface area contributed by atoms with Crippen molar-refractivity contribution in [2.45, 2.75) is 58.2 Å². The van der Waals surface area contributed by atoms with E-state index in [0.717, 1.165) is 6.42 Å². The molecule has 3 aliphatic heterocycles. The van der Waals surface area contributed by atoms with E-state index in [0.29, 0.717) is 23.9 Å². The summed E-state index contributed by atoms with van der Waals surface area (Å²) in [4.78, 5) is 14.9. The molecule has 0 aromatic rings. The molecular weight excluding hydrogens is 198 g/mol. The summed E-state index contributed by atoms with van der Waals surface area (Å²) in [5.74, 6) is 0.986. The Bertz CT molecular complexity index is 360. The van der Waals surface area contributed by atoms with Gasteiger partial charge in [-0.3, -0.25) is 9.69 Å². The first kappa shape index (κ1) is 10.5. The molecule has 0 aliphatic carbocycles. The van der Waals surface area contributed by atoms with E-state index >= 15 is 0 Å². The molecule has 2 saturated heterocycles. The Labute approximate surface area is 97.7 Å². The molecule has 88 valence electrons. The van der Waals surface area contributed by atoms with Crippen LogP contribution in [0.3, 0.4) is 0 Å². The minimum absolute atomic E-state index is 0.232. The van der Waals surface area contributed by atoms with Gasteiger partial charge in [0.15, 0.2) is 0 Å². The Kier molecular flexibility index (Phi) is 2.25. The largest absolute Gasteiger partial charge is 0.299 e. The number of carbonyl (C=O) groups is 1. The van der Waals surface area contributed by atoms with Crippen LogP contribution in [0, 0.1) is 11.8 Å². The summed E-state index contributed by atoms with van der Waals surface area (Å²) in [6.45, 7) is 6.49. The lowest BCUT2D eigenvalue weighted by atomic mass is 9.76. The van der Waals surface area contributed by atoms with E-state index in [1.807, 2.05) is 0 Å². The monoisotopic (exact) mass is 219 g/mol. The zero-order valence-electron chi connectivity index (χ0n) is 10.4. The number of carbonyl (C=O) groups excluding carboxylic acids is 1. The van der Waals surface area contributed by atoms with Crippen molar-refractivity contribution in [3.8, 4) is 0 Å². The first-order chi connectivity index (χ1) is 7.59. The average molecular weight is 219 g/mol. The predicted molar refractivity (Wildman–Crippen MR) is 64.1 cm³/mol. The van der Waals surface area contributed by atoms with Crippen molar-refractivity contribution < 1.29 is 4.79 Å². The highest BCUT2D eigenvalue weighted by atomic mass is 16.1. The Hall–Kier alpha value is -0.630. The fourth-order valence-electron chi connectivity index (χ4n) is 4.12. The highest BCUT2D eigenvalue weighted by Crippen LogP contribution is 2.44. The molecule has 5 atom stereocenters. The summed E-state index contributed by atoms with van der Waals surface area (Å²) in [6.07, 6.45) is 6.01. The number of nitrogens with zero attached hydrogens (tertiary/aromatic N) is 1. The van der Waals surface area contributed by atoms with E-state index < -0.39 is 0 Å². The lowest BCUT2D eigenvalue weighted by molar-refractivity contribution is -0.136. The van der Waals surface area contributed by atoms with Gasteiger partial charge in [0.05, 0.1) is 0 Å². The lowest BCUT2D eigenvalue weighted by Gasteiger charge is -2.48. The second-order valence-corrected chi connectivity index (χ2v) is 5.92. The van der Waals surface area contributed by atoms with Crippen molar-refractivity contribution in [1.29, 1.82) is 0 Å². The van der Waals surface area contributed by atoms with Gasteiger partial charge in [-0.15, -0.1) is 0 Å². The van der Waals surface area contributed by atoms with Crippen LogP contribution in [0.5, 0.6) is 0 Å². The van der Waals surface area contributed by atoms with Gasteiger partial charge in [-0.05, 0) is 26.2 Å². The third-order valence-corrected chi connectivity index (χ3v) is 4.97. The van der Waals surface area contributed by atoms with Crippen LogP contribution in [0.15, 0.2) is 11.6 Å². The smallest absolute Gasteiger partial charge is 0.141 e. The van der Waals surface area contributed by atoms with Gasteiger partial charge in [0.1, 0.15) is 5.78 Å². The van der Waals surface area contributed by atoms with E-state index in [4.69, 9.17) is 0 Å². The molecule has 3 rings (SSSR count). The first-order valence-corrected chi connectivity index (χ1v) is 6.58. The van der Waals surface area contributed by atoms with Gasteiger partial charge >= 0.3 is 0 Å². The van der Waals surface area contributed by atoms with E-state index in [1.54, 1.807) is 0 Å². The van der Waals surface area contributed by atoms with Crippen LogP contribution in [0.4, 0.5) is 0 Å². The van der Waals surface area contributed by atoms with Crippen LogP contribution in [-0.2, 0) is 4.79 Å². The molecule has 0 saturated carbocycles. The number of Topliss-reactive ketones (excluding diaryl/α,β-unsaturated/α-hetero) is 1. The molecule has 0 aromatic carbocycles. The van der Waals surface area contributed by atoms with Gasteiger partial charge in [-0.25, -0.2) is 0 Å². The highest BCUT2D eigenvalue weighted by molar-refractivity contribution is 5.85. The van der Waals surface area contributed by atoms with Crippen molar-refractivity contribution in [2.75, 3.05) is 0 Å². The zero-order valence-corrected chi connectivity index (χ0v) is 10.4. The van der Waals surface area contributed by atoms with Crippen LogP contribution in [0.25, 0.3) is 0 Å². The SMILES string of the molecule is CC1=C[C@H]2CC[C@@H]3[C@@H](C)C(=O)[C@H](C)[C@@H](C1)N32. The quantitative estimate of drug-likeness (QED) is 0.583. The minimum atomic E-state index is 0.232. The molecule has 3 aliphatic rings. The number of ketones is 1. The van der Waals surface area contributed by atoms with Crippen molar-refractivity contribution in [3.05, 3.63) is 11.6 Å². The molecule has 0 radical (unpaired) electrons. The third-order valence-electron chi connectivity index (χ3n) is 4.97. The summed E-state index contributed by atoms with van der Waals surface area (Å²) in [5.41, 5.74) is 1.49. The maximum absolute atomic E-state index is 12.2. The summed E-state index contributed by atoms with van der Waals surface area (Å²) < 4.78 is 0. The Morgan fingerprint density at radius 1 is 1.19 bits per heavy atom. The number of hydrogen-bond donors (Lipinski definition) is 0. The summed E-state index contributed by atoms with van der Waals surface area (Å²) >= 11 is 0. The fraction of sp³-hybridized carbons (Fsp3) is 0.786. The number of rotatable bonds is 0. The van der Waals surface area contributed by atoms with E-state index in [-0.39, 0.29) is 11.8 Å². The molecule has 2 heteroatoms. The van der Waals surface area contributed by atoms with E-state index in [9.17, 15) is 4.79 Å². The van der Waals surface area contributed by atoms with Gasteiger partial charge in [-0.2, -0.15) is 0 Å². The molecule has 0 bridgehead atoms. The molecule has 2 fully saturated rings. The molecule has 16 heavy (non-hydrogen) atoms. The summed E-state index contributed by atoms with van der Waals surface area (Å²) in [5, 5.41) is 0. The van der Waals surface area contributed by atoms with Crippen molar-refractivity contribution in [1.82, 2.24) is 4.90 Å². The first-order valence-electron chi connectivity index (χ1n) is 6.58. The van der Waals surface area contributed by atoms with E-state index in [2.05, 4.69) is 31.7 Å². The molecule has 0 amide bonds. The summed E-state index contributed by atoms with van der Waals surface area (Å²) in [6, 6.07) is 1.65. The van der Waals surface area contributed by atoms with Crippen LogP contribution < -0.4 is 0 Å². The van der Waals surface area contributed by atoms with Crippen LogP contribution in [0.1, 0.15) is 40.0 Å². The maximum Gasteiger partial charge on any atom is 0.141 e. The molecule has 3 heterocycles. The maximum atomic E-state index is 12.2. The Morgan fingerprint density at radius 3 is 2.62 bits per heavy atom. The molecular formula is C14H21NO. The molecule has 0 N–H and O–H groups in total. The molecule has 2 nitrogen and oxygen atoms in total. The normalized spacial score (nSPS) is 47.8. The zero-order chi connectivity index (χ0) is 11.4. The van der Waals surface area contributed by atoms with Crippen molar-refractivity contribution >= 4 is 5.78 Å². The molecule has 0 unspecified atom stereocenters. The lowest BCUT2D eigenvalue weighted by Crippen LogP contribution is -2.58. The van der Waals surface area contributed by atoms with Crippen molar-refractivity contribution in [2.24, 2.45) is 11.8 Å². The van der Waals surface area contributed by atoms with Gasteiger partial charge in [0.25, 0.3) is 0 Å². The van der Waals surface area contributed by atoms with Gasteiger partial charge in [0, 0.05) is 30.0 Å². The number of hydrogen-bond acceptors (Lipinski definition) is 2. The predicted octanol–water partition coefficient (Wildman–Crippen LogP) is 2.39. The highest BCUT2D eigenvalue weighted by Gasteiger charge is 2.50. The van der Waals surface area contributed by atoms with Gasteiger partial charge in [0.2, 0.25) is 0 Å². The van der Waals surface area contributed by atoms with Gasteiger partial charge < -0.3 is 0 Å². The second-order valence-electron chi connectivity index (χ2n) is 5.92.